The third kappa shape index (κ3) is 4.83. The smallest absolute Gasteiger partial charge is 0.271 e. The number of anilines is 1. The van der Waals surface area contributed by atoms with Gasteiger partial charge in [-0.3, -0.25) is 14.9 Å². The number of nitro groups is 1. The van der Waals surface area contributed by atoms with Crippen LogP contribution in [0.2, 0.25) is 5.02 Å². The fraction of sp³-hybridized carbons (Fsp3) is 0.263. The van der Waals surface area contributed by atoms with E-state index < -0.39 is 4.92 Å². The van der Waals surface area contributed by atoms with Crippen LogP contribution in [0.25, 0.3) is 0 Å². The van der Waals surface area contributed by atoms with Crippen LogP contribution in [0, 0.1) is 10.1 Å². The number of hydrazone groups is 1. The van der Waals surface area contributed by atoms with Gasteiger partial charge in [0.15, 0.2) is 0 Å². The first-order valence-corrected chi connectivity index (χ1v) is 9.05. The maximum Gasteiger partial charge on any atom is 0.271 e. The number of nitrogens with zero attached hydrogens (tertiary/aromatic N) is 3. The van der Waals surface area contributed by atoms with Crippen molar-refractivity contribution in [1.29, 1.82) is 0 Å². The number of halogens is 1. The molecule has 0 unspecified atom stereocenters. The molecule has 1 aliphatic heterocycles. The monoisotopic (exact) mass is 386 g/mol. The summed E-state index contributed by atoms with van der Waals surface area (Å²) in [5, 5.41) is 15.6. The molecule has 2 aromatic rings. The van der Waals surface area contributed by atoms with E-state index in [-0.39, 0.29) is 11.6 Å². The molecule has 0 atom stereocenters. The van der Waals surface area contributed by atoms with Gasteiger partial charge in [-0.25, -0.2) is 5.43 Å². The third-order valence-electron chi connectivity index (χ3n) is 4.39. The number of piperidine rings is 1. The van der Waals surface area contributed by atoms with E-state index in [4.69, 9.17) is 11.6 Å². The minimum Gasteiger partial charge on any atom is -0.371 e. The van der Waals surface area contributed by atoms with Gasteiger partial charge in [-0.15, -0.1) is 0 Å². The molecule has 1 amide bonds. The molecule has 0 bridgehead atoms. The fourth-order valence-electron chi connectivity index (χ4n) is 3.01. The van der Waals surface area contributed by atoms with Gasteiger partial charge in [0, 0.05) is 47.1 Å². The number of carbonyl (C=O) groups is 1. The number of hydrogen-bond donors (Lipinski definition) is 1. The van der Waals surface area contributed by atoms with Crippen molar-refractivity contribution in [2.24, 2.45) is 5.10 Å². The number of nitro benzene ring substituents is 1. The van der Waals surface area contributed by atoms with Gasteiger partial charge in [0.2, 0.25) is 0 Å². The van der Waals surface area contributed by atoms with Gasteiger partial charge in [-0.2, -0.15) is 5.10 Å². The zero-order chi connectivity index (χ0) is 19.2. The highest BCUT2D eigenvalue weighted by molar-refractivity contribution is 6.30. The Balaban J connectivity index is 1.79. The molecule has 1 fully saturated rings. The van der Waals surface area contributed by atoms with E-state index in [1.807, 2.05) is 0 Å². The summed E-state index contributed by atoms with van der Waals surface area (Å²) in [7, 11) is 0. The molecule has 0 spiro atoms. The standard InChI is InChI=1S/C19H19ClN4O3/c20-16-6-4-14(5-7-16)19(25)22-21-13-15-12-17(24(26)27)8-9-18(15)23-10-2-1-3-11-23/h4-9,12-13H,1-3,10-11H2,(H,22,25)/b21-13+. The normalized spacial score (nSPS) is 14.3. The second-order valence-corrected chi connectivity index (χ2v) is 6.69. The largest absolute Gasteiger partial charge is 0.371 e. The molecule has 7 nitrogen and oxygen atoms in total. The summed E-state index contributed by atoms with van der Waals surface area (Å²) in [6.45, 7) is 1.80. The van der Waals surface area contributed by atoms with Gasteiger partial charge in [0.1, 0.15) is 0 Å². The zero-order valence-electron chi connectivity index (χ0n) is 14.6. The molecule has 1 aliphatic rings. The predicted molar refractivity (Wildman–Crippen MR) is 106 cm³/mol. The molecule has 0 aliphatic carbocycles. The van der Waals surface area contributed by atoms with E-state index in [9.17, 15) is 14.9 Å². The predicted octanol–water partition coefficient (Wildman–Crippen LogP) is 4.00. The SMILES string of the molecule is O=C(N/N=C/c1cc([N+](=O)[O-])ccc1N1CCCCC1)c1ccc(Cl)cc1. The van der Waals surface area contributed by atoms with Crippen LogP contribution >= 0.6 is 11.6 Å². The Hall–Kier alpha value is -2.93. The molecule has 27 heavy (non-hydrogen) atoms. The Morgan fingerprint density at radius 1 is 1.15 bits per heavy atom. The van der Waals surface area contributed by atoms with Gasteiger partial charge < -0.3 is 4.90 Å². The zero-order valence-corrected chi connectivity index (χ0v) is 15.4. The van der Waals surface area contributed by atoms with Crippen molar-refractivity contribution < 1.29 is 9.72 Å². The van der Waals surface area contributed by atoms with Crippen LogP contribution in [0.4, 0.5) is 11.4 Å². The van der Waals surface area contributed by atoms with Gasteiger partial charge >= 0.3 is 0 Å². The van der Waals surface area contributed by atoms with E-state index in [0.717, 1.165) is 31.6 Å². The van der Waals surface area contributed by atoms with Crippen LogP contribution in [-0.4, -0.2) is 30.1 Å². The molecule has 1 saturated heterocycles. The highest BCUT2D eigenvalue weighted by Gasteiger charge is 2.17. The summed E-state index contributed by atoms with van der Waals surface area (Å²) in [6.07, 6.45) is 4.80. The quantitative estimate of drug-likeness (QED) is 0.478. The molecule has 140 valence electrons. The van der Waals surface area contributed by atoms with Gasteiger partial charge in [0.05, 0.1) is 11.1 Å². The molecular formula is C19H19ClN4O3. The number of benzene rings is 2. The van der Waals surface area contributed by atoms with E-state index in [2.05, 4.69) is 15.4 Å². The van der Waals surface area contributed by atoms with Crippen molar-refractivity contribution in [3.8, 4) is 0 Å². The number of rotatable bonds is 5. The summed E-state index contributed by atoms with van der Waals surface area (Å²) in [5.41, 5.74) is 4.33. The number of amides is 1. The number of non-ortho nitro benzene ring substituents is 1. The molecule has 3 rings (SSSR count). The minimum atomic E-state index is -0.441. The lowest BCUT2D eigenvalue weighted by Crippen LogP contribution is -2.30. The van der Waals surface area contributed by atoms with Crippen molar-refractivity contribution in [2.75, 3.05) is 18.0 Å². The Bertz CT molecular complexity index is 862. The van der Waals surface area contributed by atoms with Crippen LogP contribution in [0.15, 0.2) is 47.6 Å². The van der Waals surface area contributed by atoms with Crippen molar-refractivity contribution in [3.63, 3.8) is 0 Å². The molecule has 0 radical (unpaired) electrons. The van der Waals surface area contributed by atoms with Crippen LogP contribution < -0.4 is 10.3 Å². The number of nitrogens with one attached hydrogen (secondary N) is 1. The fourth-order valence-corrected chi connectivity index (χ4v) is 3.13. The lowest BCUT2D eigenvalue weighted by Gasteiger charge is -2.29. The van der Waals surface area contributed by atoms with Gasteiger partial charge in [-0.1, -0.05) is 11.6 Å². The van der Waals surface area contributed by atoms with Crippen LogP contribution in [0.5, 0.6) is 0 Å². The van der Waals surface area contributed by atoms with Crippen molar-refractivity contribution in [3.05, 3.63) is 68.7 Å². The second-order valence-electron chi connectivity index (χ2n) is 6.25. The maximum atomic E-state index is 12.1. The molecule has 1 N–H and O–H groups in total. The topological polar surface area (TPSA) is 87.8 Å². The lowest BCUT2D eigenvalue weighted by molar-refractivity contribution is -0.384. The summed E-state index contributed by atoms with van der Waals surface area (Å²) < 4.78 is 0. The lowest BCUT2D eigenvalue weighted by atomic mass is 10.1. The second kappa shape index (κ2) is 8.64. The average Bonchev–Trinajstić information content (AvgIpc) is 2.69. The Kier molecular flexibility index (Phi) is 6.03. The summed E-state index contributed by atoms with van der Waals surface area (Å²) in [4.78, 5) is 25.0. The van der Waals surface area contributed by atoms with E-state index in [0.29, 0.717) is 16.1 Å². The average molecular weight is 387 g/mol. The number of hydrogen-bond acceptors (Lipinski definition) is 5. The molecule has 2 aromatic carbocycles. The van der Waals surface area contributed by atoms with E-state index in [1.54, 1.807) is 30.3 Å². The van der Waals surface area contributed by atoms with E-state index >= 15 is 0 Å². The molecular weight excluding hydrogens is 368 g/mol. The number of carbonyl (C=O) groups excluding carboxylic acids is 1. The van der Waals surface area contributed by atoms with Gasteiger partial charge in [-0.05, 0) is 49.6 Å². The molecule has 8 heteroatoms. The maximum absolute atomic E-state index is 12.1. The summed E-state index contributed by atoms with van der Waals surface area (Å²) in [5.74, 6) is -0.382. The molecule has 0 aromatic heterocycles. The Labute approximate surface area is 161 Å². The molecule has 1 heterocycles. The summed E-state index contributed by atoms with van der Waals surface area (Å²) in [6, 6.07) is 11.1. The van der Waals surface area contributed by atoms with Crippen molar-refractivity contribution in [1.82, 2.24) is 5.43 Å². The third-order valence-corrected chi connectivity index (χ3v) is 4.65. The Morgan fingerprint density at radius 3 is 2.52 bits per heavy atom. The van der Waals surface area contributed by atoms with Crippen LogP contribution in [-0.2, 0) is 0 Å². The van der Waals surface area contributed by atoms with Gasteiger partial charge in [0.25, 0.3) is 11.6 Å². The van der Waals surface area contributed by atoms with Crippen LogP contribution in [0.3, 0.4) is 0 Å². The highest BCUT2D eigenvalue weighted by atomic mass is 35.5. The molecule has 0 saturated carbocycles. The first-order valence-electron chi connectivity index (χ1n) is 8.67. The minimum absolute atomic E-state index is 0.0127. The van der Waals surface area contributed by atoms with Crippen molar-refractivity contribution >= 4 is 35.1 Å². The summed E-state index contributed by atoms with van der Waals surface area (Å²) >= 11 is 5.81. The first-order chi connectivity index (χ1) is 13.0. The van der Waals surface area contributed by atoms with Crippen LogP contribution in [0.1, 0.15) is 35.2 Å². The first kappa shape index (κ1) is 18.8. The van der Waals surface area contributed by atoms with E-state index in [1.165, 1.54) is 24.8 Å². The Morgan fingerprint density at radius 2 is 1.85 bits per heavy atom. The van der Waals surface area contributed by atoms with Crippen molar-refractivity contribution in [2.45, 2.75) is 19.3 Å². The highest BCUT2D eigenvalue weighted by Crippen LogP contribution is 2.26.